The molecule has 0 aliphatic heterocycles. The minimum absolute atomic E-state index is 0. The second-order valence-electron chi connectivity index (χ2n) is 5.79. The molecule has 0 saturated heterocycles. The van der Waals surface area contributed by atoms with E-state index >= 15 is 0 Å². The average Bonchev–Trinajstić information content (AvgIpc) is 2.67. The molecule has 3 aromatic rings. The van der Waals surface area contributed by atoms with Crippen molar-refractivity contribution >= 4 is 12.0 Å². The lowest BCUT2D eigenvalue weighted by Crippen LogP contribution is -3.00. The SMILES string of the molecule is O=C(/C=C/c1ccc(-c2ccc(OC(F)(F)F)cc2)cc1)N[n+]1ccccc1.[Cl-]. The number of amides is 1. The van der Waals surface area contributed by atoms with Crippen LogP contribution in [-0.4, -0.2) is 12.3 Å². The van der Waals surface area contributed by atoms with E-state index in [0.717, 1.165) is 16.7 Å². The highest BCUT2D eigenvalue weighted by molar-refractivity contribution is 5.96. The fourth-order valence-electron chi connectivity index (χ4n) is 2.45. The van der Waals surface area contributed by atoms with E-state index in [4.69, 9.17) is 0 Å². The minimum Gasteiger partial charge on any atom is -1.00 e. The molecule has 2 aromatic carbocycles. The monoisotopic (exact) mass is 420 g/mol. The number of aromatic nitrogens is 1. The number of rotatable bonds is 5. The summed E-state index contributed by atoms with van der Waals surface area (Å²) in [5.74, 6) is -0.543. The van der Waals surface area contributed by atoms with E-state index in [1.807, 2.05) is 30.3 Å². The fraction of sp³-hybridized carbons (Fsp3) is 0.0476. The number of halogens is 4. The molecule has 150 valence electrons. The average molecular weight is 421 g/mol. The second kappa shape index (κ2) is 9.75. The molecule has 1 aromatic heterocycles. The quantitative estimate of drug-likeness (QED) is 0.500. The first-order valence-electron chi connectivity index (χ1n) is 8.31. The van der Waals surface area contributed by atoms with Gasteiger partial charge < -0.3 is 17.1 Å². The molecule has 29 heavy (non-hydrogen) atoms. The summed E-state index contributed by atoms with van der Waals surface area (Å²) in [5, 5.41) is 0. The van der Waals surface area contributed by atoms with Gasteiger partial charge in [-0.3, -0.25) is 4.79 Å². The van der Waals surface area contributed by atoms with Crippen molar-refractivity contribution in [3.05, 3.63) is 90.8 Å². The normalized spacial score (nSPS) is 11.0. The van der Waals surface area contributed by atoms with Gasteiger partial charge in [-0.15, -0.1) is 18.6 Å². The minimum atomic E-state index is -4.71. The van der Waals surface area contributed by atoms with Gasteiger partial charge in [0.2, 0.25) is 0 Å². The maximum atomic E-state index is 12.2. The van der Waals surface area contributed by atoms with Crippen LogP contribution in [0.15, 0.2) is 85.2 Å². The Morgan fingerprint density at radius 3 is 2.00 bits per heavy atom. The van der Waals surface area contributed by atoms with Gasteiger partial charge in [0.1, 0.15) is 5.75 Å². The number of hydrogen-bond donors (Lipinski definition) is 1. The first kappa shape index (κ1) is 22.0. The van der Waals surface area contributed by atoms with Crippen LogP contribution in [0.4, 0.5) is 13.2 Å². The molecule has 1 amide bonds. The van der Waals surface area contributed by atoms with E-state index in [9.17, 15) is 18.0 Å². The van der Waals surface area contributed by atoms with E-state index < -0.39 is 6.36 Å². The van der Waals surface area contributed by atoms with Crippen molar-refractivity contribution in [2.75, 3.05) is 5.43 Å². The molecule has 1 heterocycles. The topological polar surface area (TPSA) is 42.2 Å². The van der Waals surface area contributed by atoms with Crippen molar-refractivity contribution in [1.82, 2.24) is 0 Å². The molecule has 1 N–H and O–H groups in total. The predicted octanol–water partition coefficient (Wildman–Crippen LogP) is 1.33. The summed E-state index contributed by atoms with van der Waals surface area (Å²) in [6.07, 6.45) is 1.80. The summed E-state index contributed by atoms with van der Waals surface area (Å²) in [4.78, 5) is 11.9. The highest BCUT2D eigenvalue weighted by Crippen LogP contribution is 2.26. The number of carbonyl (C=O) groups is 1. The third-order valence-corrected chi connectivity index (χ3v) is 3.71. The fourth-order valence-corrected chi connectivity index (χ4v) is 2.45. The van der Waals surface area contributed by atoms with Crippen LogP contribution in [0, 0.1) is 0 Å². The number of alkyl halides is 3. The Balaban J connectivity index is 0.00000300. The van der Waals surface area contributed by atoms with Crippen LogP contribution in [0.25, 0.3) is 17.2 Å². The lowest BCUT2D eigenvalue weighted by atomic mass is 10.0. The first-order chi connectivity index (χ1) is 13.4. The Kier molecular flexibility index (Phi) is 7.39. The molecule has 8 heteroatoms. The zero-order valence-electron chi connectivity index (χ0n) is 14.9. The summed E-state index contributed by atoms with van der Waals surface area (Å²) in [6, 6.07) is 18.3. The molecule has 0 saturated carbocycles. The number of benzene rings is 2. The van der Waals surface area contributed by atoms with Crippen molar-refractivity contribution in [3.63, 3.8) is 0 Å². The molecular formula is C21H16ClF3N2O2. The molecular weight excluding hydrogens is 405 g/mol. The second-order valence-corrected chi connectivity index (χ2v) is 5.79. The summed E-state index contributed by atoms with van der Waals surface area (Å²) >= 11 is 0. The van der Waals surface area contributed by atoms with Crippen molar-refractivity contribution in [2.45, 2.75) is 6.36 Å². The van der Waals surface area contributed by atoms with Crippen LogP contribution < -0.4 is 27.2 Å². The van der Waals surface area contributed by atoms with E-state index in [2.05, 4.69) is 10.2 Å². The summed E-state index contributed by atoms with van der Waals surface area (Å²) < 4.78 is 42.0. The molecule has 0 aliphatic carbocycles. The molecule has 0 atom stereocenters. The largest absolute Gasteiger partial charge is 1.00 e. The third-order valence-electron chi connectivity index (χ3n) is 3.71. The Morgan fingerprint density at radius 1 is 0.897 bits per heavy atom. The summed E-state index contributed by atoms with van der Waals surface area (Å²) in [7, 11) is 0. The molecule has 4 nitrogen and oxygen atoms in total. The molecule has 0 unspecified atom stereocenters. The van der Waals surface area contributed by atoms with Crippen molar-refractivity contribution in [3.8, 4) is 16.9 Å². The first-order valence-corrected chi connectivity index (χ1v) is 8.31. The van der Waals surface area contributed by atoms with Gasteiger partial charge in [-0.1, -0.05) is 47.1 Å². The van der Waals surface area contributed by atoms with Gasteiger partial charge in [0.15, 0.2) is 12.4 Å². The molecule has 0 aliphatic rings. The number of carbonyl (C=O) groups excluding carboxylic acids is 1. The van der Waals surface area contributed by atoms with Crippen LogP contribution in [0.1, 0.15) is 5.56 Å². The van der Waals surface area contributed by atoms with Gasteiger partial charge in [-0.25, -0.2) is 0 Å². The van der Waals surface area contributed by atoms with Gasteiger partial charge in [-0.2, -0.15) is 0 Å². The zero-order valence-corrected chi connectivity index (χ0v) is 15.7. The predicted molar refractivity (Wildman–Crippen MR) is 98.6 cm³/mol. The van der Waals surface area contributed by atoms with E-state index in [1.54, 1.807) is 47.4 Å². The Morgan fingerprint density at radius 2 is 1.45 bits per heavy atom. The number of ether oxygens (including phenoxy) is 1. The number of pyridine rings is 1. The Labute approximate surface area is 171 Å². The van der Waals surface area contributed by atoms with Gasteiger partial charge in [0.05, 0.1) is 0 Å². The van der Waals surface area contributed by atoms with Crippen LogP contribution in [-0.2, 0) is 4.79 Å². The number of hydrogen-bond acceptors (Lipinski definition) is 2. The van der Waals surface area contributed by atoms with Crippen LogP contribution in [0.2, 0.25) is 0 Å². The van der Waals surface area contributed by atoms with Crippen LogP contribution >= 0.6 is 0 Å². The summed E-state index contributed by atoms with van der Waals surface area (Å²) in [6.45, 7) is 0. The highest BCUT2D eigenvalue weighted by Gasteiger charge is 2.30. The van der Waals surface area contributed by atoms with Gasteiger partial charge in [0.25, 0.3) is 5.91 Å². The Bertz CT molecular complexity index is 958. The van der Waals surface area contributed by atoms with E-state index in [1.165, 1.54) is 18.2 Å². The van der Waals surface area contributed by atoms with Crippen molar-refractivity contribution in [2.24, 2.45) is 0 Å². The molecule has 3 rings (SSSR count). The van der Waals surface area contributed by atoms with Gasteiger partial charge >= 0.3 is 6.36 Å². The smallest absolute Gasteiger partial charge is 0.573 e. The van der Waals surface area contributed by atoms with Crippen molar-refractivity contribution in [1.29, 1.82) is 0 Å². The number of nitrogens with one attached hydrogen (secondary N) is 1. The Hall–Kier alpha value is -3.32. The standard InChI is InChI=1S/C21H15F3N2O2.ClH/c22-21(23,24)28-19-11-9-18(10-12-19)17-7-4-16(5-8-17)6-13-20(27)25-26-14-2-1-3-15-26;/h1-15H;1H/b13-6+;. The van der Waals surface area contributed by atoms with E-state index in [0.29, 0.717) is 0 Å². The lowest BCUT2D eigenvalue weighted by Gasteiger charge is -2.09. The van der Waals surface area contributed by atoms with Crippen molar-refractivity contribution < 1.29 is 39.8 Å². The van der Waals surface area contributed by atoms with E-state index in [-0.39, 0.29) is 24.1 Å². The number of nitrogens with zero attached hydrogens (tertiary/aromatic N) is 1. The van der Waals surface area contributed by atoms with Crippen LogP contribution in [0.5, 0.6) is 5.75 Å². The molecule has 0 spiro atoms. The summed E-state index contributed by atoms with van der Waals surface area (Å²) in [5.41, 5.74) is 5.07. The van der Waals surface area contributed by atoms with Gasteiger partial charge in [-0.05, 0) is 34.9 Å². The molecule has 0 radical (unpaired) electrons. The zero-order chi connectivity index (χ0) is 20.0. The maximum absolute atomic E-state index is 12.2. The van der Waals surface area contributed by atoms with Crippen LogP contribution in [0.3, 0.4) is 0 Å². The molecule has 0 bridgehead atoms. The molecule has 0 fully saturated rings. The highest BCUT2D eigenvalue weighted by atomic mass is 35.5. The maximum Gasteiger partial charge on any atom is 0.573 e. The van der Waals surface area contributed by atoms with Gasteiger partial charge in [0, 0.05) is 18.2 Å². The third kappa shape index (κ3) is 6.97. The lowest BCUT2D eigenvalue weighted by molar-refractivity contribution is -0.642.